The van der Waals surface area contributed by atoms with E-state index in [2.05, 4.69) is 15.6 Å². The molecule has 0 bridgehead atoms. The van der Waals surface area contributed by atoms with Gasteiger partial charge >= 0.3 is 0 Å². The number of guanidine groups is 1. The van der Waals surface area contributed by atoms with Gasteiger partial charge in [-0.3, -0.25) is 4.99 Å². The molecule has 0 spiro atoms. The maximum Gasteiger partial charge on any atom is 0.191 e. The molecule has 1 rings (SSSR count). The van der Waals surface area contributed by atoms with E-state index in [0.29, 0.717) is 6.54 Å². The Morgan fingerprint density at radius 1 is 1.26 bits per heavy atom. The minimum atomic E-state index is 0. The standard InChI is InChI=1S/C17H29N3O2.HI/c1-5-21-12-8-11-19-17(18-4)20-13-15(3)22-16-10-7-6-9-14(16)2;/h6-7,9-10,15H,5,8,11-13H2,1-4H3,(H2,18,19,20);1H. The van der Waals surface area contributed by atoms with Gasteiger partial charge in [0, 0.05) is 26.8 Å². The fourth-order valence-electron chi connectivity index (χ4n) is 1.93. The zero-order valence-electron chi connectivity index (χ0n) is 14.6. The first-order valence-corrected chi connectivity index (χ1v) is 7.92. The summed E-state index contributed by atoms with van der Waals surface area (Å²) in [5.74, 6) is 1.72. The highest BCUT2D eigenvalue weighted by Gasteiger charge is 2.07. The molecule has 0 saturated carbocycles. The fraction of sp³-hybridized carbons (Fsp3) is 0.588. The second kappa shape index (κ2) is 13.4. The molecular formula is C17H30IN3O2. The summed E-state index contributed by atoms with van der Waals surface area (Å²) >= 11 is 0. The molecule has 1 unspecified atom stereocenters. The van der Waals surface area contributed by atoms with Gasteiger partial charge in [0.2, 0.25) is 0 Å². The van der Waals surface area contributed by atoms with Crippen LogP contribution in [0.3, 0.4) is 0 Å². The predicted molar refractivity (Wildman–Crippen MR) is 107 cm³/mol. The first-order valence-electron chi connectivity index (χ1n) is 7.92. The maximum atomic E-state index is 5.93. The van der Waals surface area contributed by atoms with E-state index in [4.69, 9.17) is 9.47 Å². The smallest absolute Gasteiger partial charge is 0.191 e. The summed E-state index contributed by atoms with van der Waals surface area (Å²) in [5, 5.41) is 6.54. The molecule has 132 valence electrons. The molecule has 6 heteroatoms. The van der Waals surface area contributed by atoms with Crippen molar-refractivity contribution in [2.24, 2.45) is 4.99 Å². The minimum Gasteiger partial charge on any atom is -0.489 e. The lowest BCUT2D eigenvalue weighted by Gasteiger charge is -2.18. The number of nitrogens with zero attached hydrogens (tertiary/aromatic N) is 1. The van der Waals surface area contributed by atoms with Gasteiger partial charge in [-0.05, 0) is 38.8 Å². The van der Waals surface area contributed by atoms with E-state index in [1.165, 1.54) is 0 Å². The summed E-state index contributed by atoms with van der Waals surface area (Å²) in [6.45, 7) is 9.17. The van der Waals surface area contributed by atoms with Crippen molar-refractivity contribution in [2.75, 3.05) is 33.4 Å². The van der Waals surface area contributed by atoms with Crippen LogP contribution in [0.25, 0.3) is 0 Å². The number of ether oxygens (including phenoxy) is 2. The quantitative estimate of drug-likeness (QED) is 0.271. The number of aryl methyl sites for hydroxylation is 1. The lowest BCUT2D eigenvalue weighted by molar-refractivity contribution is 0.145. The average Bonchev–Trinajstić information content (AvgIpc) is 2.52. The van der Waals surface area contributed by atoms with Crippen LogP contribution in [0.4, 0.5) is 0 Å². The van der Waals surface area contributed by atoms with Crippen molar-refractivity contribution in [3.8, 4) is 5.75 Å². The van der Waals surface area contributed by atoms with Gasteiger partial charge in [-0.15, -0.1) is 24.0 Å². The number of rotatable bonds is 9. The number of aliphatic imine (C=N–C) groups is 1. The highest BCUT2D eigenvalue weighted by Crippen LogP contribution is 2.17. The van der Waals surface area contributed by atoms with Gasteiger partial charge < -0.3 is 20.1 Å². The topological polar surface area (TPSA) is 54.9 Å². The molecule has 1 atom stereocenters. The molecule has 0 aliphatic rings. The SMILES string of the molecule is CCOCCCNC(=NC)NCC(C)Oc1ccccc1C.I. The second-order valence-electron chi connectivity index (χ2n) is 5.12. The van der Waals surface area contributed by atoms with Gasteiger partial charge in [0.05, 0.1) is 6.54 Å². The summed E-state index contributed by atoms with van der Waals surface area (Å²) < 4.78 is 11.2. The molecule has 23 heavy (non-hydrogen) atoms. The van der Waals surface area contributed by atoms with Gasteiger partial charge in [0.15, 0.2) is 5.96 Å². The third-order valence-corrected chi connectivity index (χ3v) is 3.16. The largest absolute Gasteiger partial charge is 0.489 e. The van der Waals surface area contributed by atoms with Crippen molar-refractivity contribution in [3.05, 3.63) is 29.8 Å². The fourth-order valence-corrected chi connectivity index (χ4v) is 1.93. The second-order valence-corrected chi connectivity index (χ2v) is 5.12. The van der Waals surface area contributed by atoms with Crippen molar-refractivity contribution < 1.29 is 9.47 Å². The number of hydrogen-bond donors (Lipinski definition) is 2. The molecule has 5 nitrogen and oxygen atoms in total. The average molecular weight is 435 g/mol. The summed E-state index contributed by atoms with van der Waals surface area (Å²) in [4.78, 5) is 4.20. The van der Waals surface area contributed by atoms with Crippen LogP contribution in [-0.4, -0.2) is 45.4 Å². The van der Waals surface area contributed by atoms with Gasteiger partial charge in [-0.2, -0.15) is 0 Å². The predicted octanol–water partition coefficient (Wildman–Crippen LogP) is 2.97. The Morgan fingerprint density at radius 2 is 2.00 bits per heavy atom. The Balaban J connectivity index is 0.00000484. The molecule has 0 aromatic heterocycles. The highest BCUT2D eigenvalue weighted by atomic mass is 127. The van der Waals surface area contributed by atoms with E-state index in [1.54, 1.807) is 7.05 Å². The lowest BCUT2D eigenvalue weighted by atomic mass is 10.2. The van der Waals surface area contributed by atoms with Crippen molar-refractivity contribution >= 4 is 29.9 Å². The molecule has 2 N–H and O–H groups in total. The number of para-hydroxylation sites is 1. The van der Waals surface area contributed by atoms with Gasteiger partial charge in [-0.25, -0.2) is 0 Å². The van der Waals surface area contributed by atoms with Crippen molar-refractivity contribution in [1.82, 2.24) is 10.6 Å². The zero-order valence-corrected chi connectivity index (χ0v) is 16.9. The molecular weight excluding hydrogens is 405 g/mol. The van der Waals surface area contributed by atoms with Crippen LogP contribution >= 0.6 is 24.0 Å². The summed E-state index contributed by atoms with van der Waals surface area (Å²) in [6, 6.07) is 8.04. The molecule has 0 aliphatic heterocycles. The van der Waals surface area contributed by atoms with Crippen LogP contribution in [0.5, 0.6) is 5.75 Å². The van der Waals surface area contributed by atoms with Crippen LogP contribution in [0.15, 0.2) is 29.3 Å². The van der Waals surface area contributed by atoms with Crippen molar-refractivity contribution in [3.63, 3.8) is 0 Å². The van der Waals surface area contributed by atoms with E-state index in [-0.39, 0.29) is 30.1 Å². The normalized spacial score (nSPS) is 12.3. The molecule has 0 amide bonds. The molecule has 0 saturated heterocycles. The minimum absolute atomic E-state index is 0. The summed E-state index contributed by atoms with van der Waals surface area (Å²) in [7, 11) is 1.77. The zero-order chi connectivity index (χ0) is 16.2. The molecule has 0 fully saturated rings. The molecule has 1 aromatic rings. The Bertz CT molecular complexity index is 455. The van der Waals surface area contributed by atoms with Gasteiger partial charge in [-0.1, -0.05) is 18.2 Å². The number of hydrogen-bond acceptors (Lipinski definition) is 3. The monoisotopic (exact) mass is 435 g/mol. The van der Waals surface area contributed by atoms with Crippen LogP contribution in [0.2, 0.25) is 0 Å². The van der Waals surface area contributed by atoms with E-state index in [1.807, 2.05) is 45.0 Å². The van der Waals surface area contributed by atoms with E-state index in [9.17, 15) is 0 Å². The van der Waals surface area contributed by atoms with E-state index in [0.717, 1.165) is 43.5 Å². The Kier molecular flexibility index (Phi) is 12.8. The molecule has 0 heterocycles. The molecule has 0 aliphatic carbocycles. The first-order chi connectivity index (χ1) is 10.7. The van der Waals surface area contributed by atoms with Crippen LogP contribution in [0.1, 0.15) is 25.8 Å². The van der Waals surface area contributed by atoms with Crippen LogP contribution in [0, 0.1) is 6.92 Å². The lowest BCUT2D eigenvalue weighted by Crippen LogP contribution is -2.42. The van der Waals surface area contributed by atoms with E-state index >= 15 is 0 Å². The summed E-state index contributed by atoms with van der Waals surface area (Å²) in [5.41, 5.74) is 1.15. The third kappa shape index (κ3) is 9.65. The number of benzene rings is 1. The maximum absolute atomic E-state index is 5.93. The molecule has 1 aromatic carbocycles. The van der Waals surface area contributed by atoms with Crippen LogP contribution < -0.4 is 15.4 Å². The third-order valence-electron chi connectivity index (χ3n) is 3.16. The highest BCUT2D eigenvalue weighted by molar-refractivity contribution is 14.0. The van der Waals surface area contributed by atoms with E-state index < -0.39 is 0 Å². The van der Waals surface area contributed by atoms with Crippen molar-refractivity contribution in [1.29, 1.82) is 0 Å². The number of nitrogens with one attached hydrogen (secondary N) is 2. The summed E-state index contributed by atoms with van der Waals surface area (Å²) in [6.07, 6.45) is 1.02. The number of halogens is 1. The van der Waals surface area contributed by atoms with Gasteiger partial charge in [0.25, 0.3) is 0 Å². The molecule has 0 radical (unpaired) electrons. The van der Waals surface area contributed by atoms with Crippen LogP contribution in [-0.2, 0) is 4.74 Å². The first kappa shape index (κ1) is 22.0. The Labute approximate surface area is 157 Å². The Hall–Kier alpha value is -1.02. The van der Waals surface area contributed by atoms with Gasteiger partial charge in [0.1, 0.15) is 11.9 Å². The van der Waals surface area contributed by atoms with Crippen molar-refractivity contribution in [2.45, 2.75) is 33.3 Å². The Morgan fingerprint density at radius 3 is 2.65 bits per heavy atom.